The van der Waals surface area contributed by atoms with Gasteiger partial charge in [-0.05, 0) is 25.7 Å². The highest BCUT2D eigenvalue weighted by molar-refractivity contribution is 7.11. The summed E-state index contributed by atoms with van der Waals surface area (Å²) < 4.78 is 5.26. The first-order chi connectivity index (χ1) is 6.36. The molecule has 3 nitrogen and oxygen atoms in total. The number of hydrogen-bond acceptors (Lipinski definition) is 4. The van der Waals surface area contributed by atoms with Gasteiger partial charge in [0, 0.05) is 11.6 Å². The van der Waals surface area contributed by atoms with E-state index >= 15 is 0 Å². The summed E-state index contributed by atoms with van der Waals surface area (Å²) in [4.78, 5) is 15.3. The molecule has 1 aromatic heterocycles. The van der Waals surface area contributed by atoms with Gasteiger partial charge in [-0.15, -0.1) is 11.3 Å². The molecule has 0 atom stereocenters. The van der Waals surface area contributed by atoms with Crippen LogP contribution >= 0.6 is 11.3 Å². The van der Waals surface area contributed by atoms with Crippen LogP contribution in [0.15, 0.2) is 11.6 Å². The second-order valence-corrected chi connectivity index (χ2v) is 4.04. The third-order valence-electron chi connectivity index (χ3n) is 2.18. The molecule has 1 aromatic rings. The van der Waals surface area contributed by atoms with E-state index in [0.717, 1.165) is 12.8 Å². The third-order valence-corrected chi connectivity index (χ3v) is 2.94. The van der Waals surface area contributed by atoms with Crippen LogP contribution in [0.1, 0.15) is 35.5 Å². The molecule has 0 radical (unpaired) electrons. The summed E-state index contributed by atoms with van der Waals surface area (Å²) >= 11 is 1.33. The molecule has 1 aliphatic rings. The molecule has 0 aliphatic heterocycles. The number of thiazole rings is 1. The molecule has 0 unspecified atom stereocenters. The third kappa shape index (κ3) is 2.06. The van der Waals surface area contributed by atoms with Crippen LogP contribution in [0.4, 0.5) is 0 Å². The summed E-state index contributed by atoms with van der Waals surface area (Å²) in [5.41, 5.74) is 0. The van der Waals surface area contributed by atoms with Crippen LogP contribution in [-0.4, -0.2) is 17.1 Å². The maximum absolute atomic E-state index is 11.4. The average Bonchev–Trinajstić information content (AvgIpc) is 2.74. The minimum atomic E-state index is -0.262. The number of carbonyl (C=O) groups is 1. The molecule has 2 rings (SSSR count). The Hall–Kier alpha value is -0.900. The van der Waals surface area contributed by atoms with Crippen molar-refractivity contribution in [2.45, 2.75) is 31.8 Å². The van der Waals surface area contributed by atoms with Gasteiger partial charge in [-0.1, -0.05) is 0 Å². The first-order valence-electron chi connectivity index (χ1n) is 4.47. The van der Waals surface area contributed by atoms with Gasteiger partial charge >= 0.3 is 5.97 Å². The molecule has 13 heavy (non-hydrogen) atoms. The lowest BCUT2D eigenvalue weighted by Gasteiger charge is -2.08. The Morgan fingerprint density at radius 2 is 2.31 bits per heavy atom. The van der Waals surface area contributed by atoms with E-state index in [1.54, 1.807) is 11.6 Å². The van der Waals surface area contributed by atoms with Gasteiger partial charge in [0.05, 0.1) is 0 Å². The minimum absolute atomic E-state index is 0.136. The molecule has 0 saturated heterocycles. The highest BCUT2D eigenvalue weighted by atomic mass is 32.1. The van der Waals surface area contributed by atoms with Crippen molar-refractivity contribution in [2.75, 3.05) is 0 Å². The smallest absolute Gasteiger partial charge is 0.367 e. The maximum Gasteiger partial charge on any atom is 0.367 e. The Morgan fingerprint density at radius 3 is 2.92 bits per heavy atom. The first kappa shape index (κ1) is 8.69. The Labute approximate surface area is 80.8 Å². The van der Waals surface area contributed by atoms with Crippen LogP contribution in [0.2, 0.25) is 0 Å². The van der Waals surface area contributed by atoms with E-state index in [1.165, 1.54) is 24.2 Å². The standard InChI is InChI=1S/C9H11NO2S/c11-9(8-10-5-6-13-8)12-7-3-1-2-4-7/h5-7H,1-4H2. The number of ether oxygens (including phenoxy) is 1. The Kier molecular flexibility index (Phi) is 2.59. The van der Waals surface area contributed by atoms with E-state index in [9.17, 15) is 4.79 Å². The monoisotopic (exact) mass is 197 g/mol. The molecule has 0 amide bonds. The van der Waals surface area contributed by atoms with Crippen LogP contribution in [0.25, 0.3) is 0 Å². The lowest BCUT2D eigenvalue weighted by molar-refractivity contribution is 0.0317. The Balaban J connectivity index is 1.91. The maximum atomic E-state index is 11.4. The van der Waals surface area contributed by atoms with Gasteiger partial charge in [0.2, 0.25) is 5.01 Å². The number of esters is 1. The summed E-state index contributed by atoms with van der Waals surface area (Å²) in [5, 5.41) is 2.25. The van der Waals surface area contributed by atoms with Gasteiger partial charge in [-0.3, -0.25) is 0 Å². The highest BCUT2D eigenvalue weighted by Gasteiger charge is 2.20. The zero-order chi connectivity index (χ0) is 9.10. The van der Waals surface area contributed by atoms with Crippen molar-refractivity contribution in [2.24, 2.45) is 0 Å². The Morgan fingerprint density at radius 1 is 1.54 bits per heavy atom. The zero-order valence-electron chi connectivity index (χ0n) is 7.23. The topological polar surface area (TPSA) is 39.2 Å². The van der Waals surface area contributed by atoms with Crippen LogP contribution in [0.5, 0.6) is 0 Å². The van der Waals surface area contributed by atoms with Gasteiger partial charge in [0.1, 0.15) is 6.10 Å². The van der Waals surface area contributed by atoms with Gasteiger partial charge in [-0.25, -0.2) is 9.78 Å². The van der Waals surface area contributed by atoms with Crippen molar-refractivity contribution in [3.8, 4) is 0 Å². The molecule has 0 N–H and O–H groups in total. The van der Waals surface area contributed by atoms with Crippen molar-refractivity contribution in [1.29, 1.82) is 0 Å². The van der Waals surface area contributed by atoms with E-state index in [2.05, 4.69) is 4.98 Å². The van der Waals surface area contributed by atoms with E-state index in [1.807, 2.05) is 0 Å². The number of nitrogens with zero attached hydrogens (tertiary/aromatic N) is 1. The van der Waals surface area contributed by atoms with Gasteiger partial charge in [0.15, 0.2) is 0 Å². The fourth-order valence-corrected chi connectivity index (χ4v) is 2.05. The zero-order valence-corrected chi connectivity index (χ0v) is 8.05. The summed E-state index contributed by atoms with van der Waals surface area (Å²) in [7, 11) is 0. The molecule has 0 spiro atoms. The number of aromatic nitrogens is 1. The second kappa shape index (κ2) is 3.87. The van der Waals surface area contributed by atoms with Crippen LogP contribution in [-0.2, 0) is 4.74 Å². The van der Waals surface area contributed by atoms with Crippen LogP contribution < -0.4 is 0 Å². The van der Waals surface area contributed by atoms with Crippen LogP contribution in [0.3, 0.4) is 0 Å². The lowest BCUT2D eigenvalue weighted by atomic mass is 10.3. The quantitative estimate of drug-likeness (QED) is 0.682. The normalized spacial score (nSPS) is 17.5. The lowest BCUT2D eigenvalue weighted by Crippen LogP contribution is -2.14. The average molecular weight is 197 g/mol. The molecule has 1 aliphatic carbocycles. The molecule has 1 saturated carbocycles. The van der Waals surface area contributed by atoms with E-state index in [0.29, 0.717) is 5.01 Å². The second-order valence-electron chi connectivity index (χ2n) is 3.15. The van der Waals surface area contributed by atoms with Gasteiger partial charge in [-0.2, -0.15) is 0 Å². The summed E-state index contributed by atoms with van der Waals surface area (Å²) in [5.74, 6) is -0.262. The van der Waals surface area contributed by atoms with Crippen molar-refractivity contribution >= 4 is 17.3 Å². The number of hydrogen-bond donors (Lipinski definition) is 0. The Bertz CT molecular complexity index is 278. The predicted octanol–water partition coefficient (Wildman–Crippen LogP) is 2.24. The SMILES string of the molecule is O=C(OC1CCCC1)c1nccs1. The molecule has 1 heterocycles. The van der Waals surface area contributed by atoms with Crippen molar-refractivity contribution < 1.29 is 9.53 Å². The highest BCUT2D eigenvalue weighted by Crippen LogP contribution is 2.22. The molecule has 0 aromatic carbocycles. The molecule has 0 bridgehead atoms. The summed E-state index contributed by atoms with van der Waals surface area (Å²) in [6, 6.07) is 0. The molecule has 70 valence electrons. The fourth-order valence-electron chi connectivity index (χ4n) is 1.53. The van der Waals surface area contributed by atoms with Gasteiger partial charge in [0.25, 0.3) is 0 Å². The number of carbonyl (C=O) groups excluding carboxylic acids is 1. The molecular weight excluding hydrogens is 186 g/mol. The molecule has 4 heteroatoms. The van der Waals surface area contributed by atoms with Gasteiger partial charge < -0.3 is 4.74 Å². The first-order valence-corrected chi connectivity index (χ1v) is 5.35. The predicted molar refractivity (Wildman–Crippen MR) is 49.8 cm³/mol. The summed E-state index contributed by atoms with van der Waals surface area (Å²) in [6.45, 7) is 0. The van der Waals surface area contributed by atoms with E-state index in [4.69, 9.17) is 4.74 Å². The van der Waals surface area contributed by atoms with Crippen molar-refractivity contribution in [3.05, 3.63) is 16.6 Å². The van der Waals surface area contributed by atoms with E-state index in [-0.39, 0.29) is 12.1 Å². The number of rotatable bonds is 2. The van der Waals surface area contributed by atoms with E-state index < -0.39 is 0 Å². The molecular formula is C9H11NO2S. The largest absolute Gasteiger partial charge is 0.457 e. The van der Waals surface area contributed by atoms with Crippen LogP contribution in [0, 0.1) is 0 Å². The summed E-state index contributed by atoms with van der Waals surface area (Å²) in [6.07, 6.45) is 6.13. The van der Waals surface area contributed by atoms with Crippen molar-refractivity contribution in [3.63, 3.8) is 0 Å². The van der Waals surface area contributed by atoms with Crippen molar-refractivity contribution in [1.82, 2.24) is 4.98 Å². The minimum Gasteiger partial charge on any atom is -0.457 e. The molecule has 1 fully saturated rings. The fraction of sp³-hybridized carbons (Fsp3) is 0.556.